The van der Waals surface area contributed by atoms with E-state index in [1.54, 1.807) is 12.0 Å². The molecule has 210 valence electrons. The van der Waals surface area contributed by atoms with Crippen LogP contribution in [0.1, 0.15) is 36.5 Å². The Morgan fingerprint density at radius 3 is 2.41 bits per heavy atom. The number of methoxy groups -OCH3 is 1. The lowest BCUT2D eigenvalue weighted by Crippen LogP contribution is -2.44. The average molecular weight is 570 g/mol. The Kier molecular flexibility index (Phi) is 8.79. The molecule has 2 aliphatic heterocycles. The second kappa shape index (κ2) is 12.8. The second-order valence-electron chi connectivity index (χ2n) is 9.62. The lowest BCUT2D eigenvalue weighted by Gasteiger charge is -2.31. The highest BCUT2D eigenvalue weighted by molar-refractivity contribution is 8.14. The summed E-state index contributed by atoms with van der Waals surface area (Å²) in [6, 6.07) is 22.0. The molecular weight excluding hydrogens is 538 g/mol. The SMILES string of the molecule is CCc1ccc(NC(=O)CSC2=Nc3ccccc3C3=NC(=O)C(CCC(=O)NCc4ccc(OC)cc4)N23)cc1. The number of para-hydroxylation sites is 1. The van der Waals surface area contributed by atoms with Crippen molar-refractivity contribution >= 4 is 51.9 Å². The minimum atomic E-state index is -0.680. The summed E-state index contributed by atoms with van der Waals surface area (Å²) in [6.45, 7) is 2.45. The molecule has 2 aliphatic rings. The predicted molar refractivity (Wildman–Crippen MR) is 162 cm³/mol. The van der Waals surface area contributed by atoms with Crippen LogP contribution in [0.4, 0.5) is 11.4 Å². The third kappa shape index (κ3) is 6.66. The fourth-order valence-corrected chi connectivity index (χ4v) is 5.48. The first-order chi connectivity index (χ1) is 19.9. The summed E-state index contributed by atoms with van der Waals surface area (Å²) in [6.07, 6.45) is 1.33. The fraction of sp³-hybridized carbons (Fsp3) is 0.258. The van der Waals surface area contributed by atoms with Crippen molar-refractivity contribution in [2.75, 3.05) is 18.2 Å². The zero-order valence-electron chi connectivity index (χ0n) is 22.9. The Hall–Kier alpha value is -4.44. The minimum absolute atomic E-state index is 0.101. The number of hydrogen-bond acceptors (Lipinski definition) is 7. The quantitative estimate of drug-likeness (QED) is 0.367. The van der Waals surface area contributed by atoms with Crippen LogP contribution in [0.3, 0.4) is 0 Å². The number of aliphatic imine (C=N–C) groups is 2. The largest absolute Gasteiger partial charge is 0.497 e. The summed E-state index contributed by atoms with van der Waals surface area (Å²) in [5.74, 6) is 0.676. The van der Waals surface area contributed by atoms with Gasteiger partial charge in [0.25, 0.3) is 5.91 Å². The summed E-state index contributed by atoms with van der Waals surface area (Å²) >= 11 is 1.24. The molecule has 0 spiro atoms. The summed E-state index contributed by atoms with van der Waals surface area (Å²) in [7, 11) is 1.60. The van der Waals surface area contributed by atoms with Crippen molar-refractivity contribution in [1.29, 1.82) is 0 Å². The number of nitrogens with one attached hydrogen (secondary N) is 2. The van der Waals surface area contributed by atoms with Crippen molar-refractivity contribution in [2.45, 2.75) is 38.8 Å². The lowest BCUT2D eigenvalue weighted by molar-refractivity contribution is -0.122. The van der Waals surface area contributed by atoms with Gasteiger partial charge in [0.05, 0.1) is 18.6 Å². The van der Waals surface area contributed by atoms with Gasteiger partial charge in [0.2, 0.25) is 11.8 Å². The maximum absolute atomic E-state index is 13.1. The van der Waals surface area contributed by atoms with Crippen LogP contribution in [0.15, 0.2) is 82.8 Å². The molecule has 0 fully saturated rings. The molecule has 3 aromatic rings. The van der Waals surface area contributed by atoms with E-state index < -0.39 is 6.04 Å². The number of ether oxygens (including phenoxy) is 1. The van der Waals surface area contributed by atoms with Crippen LogP contribution >= 0.6 is 11.8 Å². The summed E-state index contributed by atoms with van der Waals surface area (Å²) in [5, 5.41) is 6.33. The minimum Gasteiger partial charge on any atom is -0.497 e. The smallest absolute Gasteiger partial charge is 0.270 e. The van der Waals surface area contributed by atoms with Gasteiger partial charge in [-0.05, 0) is 60.4 Å². The first-order valence-electron chi connectivity index (χ1n) is 13.5. The number of thioether (sulfide) groups is 1. The highest BCUT2D eigenvalue weighted by Crippen LogP contribution is 2.35. The first kappa shape index (κ1) is 28.1. The van der Waals surface area contributed by atoms with Crippen molar-refractivity contribution in [1.82, 2.24) is 10.2 Å². The zero-order valence-corrected chi connectivity index (χ0v) is 23.7. The van der Waals surface area contributed by atoms with Gasteiger partial charge < -0.3 is 15.4 Å². The molecule has 10 heteroatoms. The van der Waals surface area contributed by atoms with E-state index in [2.05, 4.69) is 22.5 Å². The Morgan fingerprint density at radius 1 is 0.951 bits per heavy atom. The van der Waals surface area contributed by atoms with E-state index in [4.69, 9.17) is 9.73 Å². The van der Waals surface area contributed by atoms with Gasteiger partial charge in [-0.3, -0.25) is 19.3 Å². The van der Waals surface area contributed by atoms with Crippen LogP contribution in [-0.4, -0.2) is 52.5 Å². The van der Waals surface area contributed by atoms with E-state index in [1.165, 1.54) is 17.3 Å². The number of aryl methyl sites for hydroxylation is 1. The normalized spacial score (nSPS) is 15.4. The molecule has 0 radical (unpaired) electrons. The fourth-order valence-electron chi connectivity index (χ4n) is 4.63. The van der Waals surface area contributed by atoms with E-state index in [-0.39, 0.29) is 36.3 Å². The van der Waals surface area contributed by atoms with Gasteiger partial charge in [0, 0.05) is 24.2 Å². The number of hydrogen-bond donors (Lipinski definition) is 2. The van der Waals surface area contributed by atoms with Crippen molar-refractivity contribution in [2.24, 2.45) is 9.98 Å². The van der Waals surface area contributed by atoms with E-state index in [0.29, 0.717) is 23.2 Å². The summed E-state index contributed by atoms with van der Waals surface area (Å²) < 4.78 is 5.17. The number of rotatable bonds is 10. The Morgan fingerprint density at radius 2 is 1.68 bits per heavy atom. The molecule has 1 unspecified atom stereocenters. The van der Waals surface area contributed by atoms with Crippen molar-refractivity contribution < 1.29 is 19.1 Å². The number of benzene rings is 3. The number of nitrogens with zero attached hydrogens (tertiary/aromatic N) is 3. The molecule has 3 amide bonds. The van der Waals surface area contributed by atoms with Crippen molar-refractivity contribution in [3.63, 3.8) is 0 Å². The molecule has 1 atom stereocenters. The molecule has 9 nitrogen and oxygen atoms in total. The standard InChI is InChI=1S/C31H31N5O4S/c1-3-20-8-12-22(13-9-20)33-28(38)19-41-31-34-25-7-5-4-6-24(25)29-35-30(39)26(36(29)31)16-17-27(37)32-18-21-10-14-23(40-2)15-11-21/h4-15,26H,3,16-19H2,1-2H3,(H,32,37)(H,33,38). The van der Waals surface area contributed by atoms with E-state index in [1.807, 2.05) is 72.8 Å². The molecule has 0 bridgehead atoms. The number of carbonyl (C=O) groups is 3. The molecule has 0 aliphatic carbocycles. The zero-order chi connectivity index (χ0) is 28.8. The third-order valence-electron chi connectivity index (χ3n) is 6.88. The molecule has 0 saturated carbocycles. The molecule has 3 aromatic carbocycles. The second-order valence-corrected chi connectivity index (χ2v) is 10.6. The van der Waals surface area contributed by atoms with Gasteiger partial charge in [0.1, 0.15) is 17.6 Å². The van der Waals surface area contributed by atoms with Gasteiger partial charge in [-0.2, -0.15) is 4.99 Å². The molecule has 0 aromatic heterocycles. The van der Waals surface area contributed by atoms with Crippen molar-refractivity contribution in [3.05, 3.63) is 89.5 Å². The number of anilines is 1. The topological polar surface area (TPSA) is 112 Å². The van der Waals surface area contributed by atoms with Crippen molar-refractivity contribution in [3.8, 4) is 5.75 Å². The molecular formula is C31H31N5O4S. The highest BCUT2D eigenvalue weighted by Gasteiger charge is 2.41. The van der Waals surface area contributed by atoms with Gasteiger partial charge >= 0.3 is 0 Å². The Bertz CT molecular complexity index is 1500. The highest BCUT2D eigenvalue weighted by atomic mass is 32.2. The maximum Gasteiger partial charge on any atom is 0.270 e. The predicted octanol–water partition coefficient (Wildman–Crippen LogP) is 4.68. The van der Waals surface area contributed by atoms with Gasteiger partial charge in [-0.25, -0.2) is 4.99 Å². The molecule has 0 saturated heterocycles. The molecule has 2 N–H and O–H groups in total. The van der Waals surface area contributed by atoms with Gasteiger partial charge in [0.15, 0.2) is 5.17 Å². The molecule has 5 rings (SSSR count). The van der Waals surface area contributed by atoms with Crippen LogP contribution < -0.4 is 15.4 Å². The Balaban J connectivity index is 1.24. The van der Waals surface area contributed by atoms with Crippen LogP contribution in [-0.2, 0) is 27.3 Å². The van der Waals surface area contributed by atoms with Gasteiger partial charge in [-0.1, -0.05) is 55.1 Å². The lowest BCUT2D eigenvalue weighted by atomic mass is 10.1. The van der Waals surface area contributed by atoms with Gasteiger partial charge in [-0.15, -0.1) is 0 Å². The maximum atomic E-state index is 13.1. The molecule has 2 heterocycles. The van der Waals surface area contributed by atoms with Crippen LogP contribution in [0.2, 0.25) is 0 Å². The van der Waals surface area contributed by atoms with E-state index >= 15 is 0 Å². The molecule has 41 heavy (non-hydrogen) atoms. The summed E-state index contributed by atoms with van der Waals surface area (Å²) in [4.78, 5) is 49.4. The number of carbonyl (C=O) groups excluding carboxylic acids is 3. The average Bonchev–Trinajstić information content (AvgIpc) is 3.34. The number of fused-ring (bicyclic) bond motifs is 3. The van der Waals surface area contributed by atoms with Crippen LogP contribution in [0.5, 0.6) is 5.75 Å². The summed E-state index contributed by atoms with van der Waals surface area (Å²) in [5.41, 5.74) is 4.29. The van der Waals surface area contributed by atoms with E-state index in [0.717, 1.165) is 29.0 Å². The number of amides is 3. The van der Waals surface area contributed by atoms with Crippen LogP contribution in [0, 0.1) is 0 Å². The number of amidine groups is 2. The third-order valence-corrected chi connectivity index (χ3v) is 7.83. The van der Waals surface area contributed by atoms with Crippen LogP contribution in [0.25, 0.3) is 0 Å². The first-order valence-corrected chi connectivity index (χ1v) is 14.4. The van der Waals surface area contributed by atoms with E-state index in [9.17, 15) is 14.4 Å². The Labute approximate surface area is 243 Å². The monoisotopic (exact) mass is 569 g/mol.